The summed E-state index contributed by atoms with van der Waals surface area (Å²) in [6, 6.07) is 0. The van der Waals surface area contributed by atoms with E-state index >= 15 is 0 Å². The number of likely N-dealkylation sites (tertiary alicyclic amines) is 1. The van der Waals surface area contributed by atoms with Gasteiger partial charge in [-0.3, -0.25) is 0 Å². The van der Waals surface area contributed by atoms with E-state index in [4.69, 9.17) is 14.2 Å². The molecule has 0 aromatic carbocycles. The summed E-state index contributed by atoms with van der Waals surface area (Å²) in [5, 5.41) is 3.55. The molecule has 1 unspecified atom stereocenters. The zero-order chi connectivity index (χ0) is 21.6. The third kappa shape index (κ3) is 17.1. The van der Waals surface area contributed by atoms with Crippen LogP contribution < -0.4 is 5.32 Å². The molecular formula is C23H44N2O3S. The fourth-order valence-corrected chi connectivity index (χ4v) is 4.13. The average Bonchev–Trinajstić information content (AvgIpc) is 2.62. The second-order valence-electron chi connectivity index (χ2n) is 9.67. The quantitative estimate of drug-likeness (QED) is 0.291. The Morgan fingerprint density at radius 1 is 1.00 bits per heavy atom. The molecule has 0 bridgehead atoms. The normalized spacial score (nSPS) is 18.5. The highest BCUT2D eigenvalue weighted by Crippen LogP contribution is 2.20. The third-order valence-electron chi connectivity index (χ3n) is 4.46. The van der Waals surface area contributed by atoms with Crippen LogP contribution >= 0.6 is 11.8 Å². The van der Waals surface area contributed by atoms with Crippen molar-refractivity contribution in [2.45, 2.75) is 65.5 Å². The van der Waals surface area contributed by atoms with Crippen LogP contribution in [0.15, 0.2) is 0 Å². The third-order valence-corrected chi connectivity index (χ3v) is 5.52. The molecule has 0 saturated carbocycles. The molecule has 0 amide bonds. The van der Waals surface area contributed by atoms with E-state index in [9.17, 15) is 0 Å². The Labute approximate surface area is 184 Å². The zero-order valence-electron chi connectivity index (χ0n) is 19.6. The van der Waals surface area contributed by atoms with Crippen LogP contribution in [-0.4, -0.2) is 80.3 Å². The monoisotopic (exact) mass is 428 g/mol. The summed E-state index contributed by atoms with van der Waals surface area (Å²) < 4.78 is 16.7. The molecule has 0 aromatic heterocycles. The minimum atomic E-state index is -0.139. The molecule has 1 rings (SSSR count). The van der Waals surface area contributed by atoms with E-state index in [1.54, 1.807) is 0 Å². The van der Waals surface area contributed by atoms with E-state index in [1.807, 2.05) is 32.5 Å². The number of piperidine rings is 1. The van der Waals surface area contributed by atoms with E-state index in [2.05, 4.69) is 42.8 Å². The van der Waals surface area contributed by atoms with Crippen LogP contribution in [0.25, 0.3) is 0 Å². The second kappa shape index (κ2) is 14.7. The van der Waals surface area contributed by atoms with Gasteiger partial charge in [0.25, 0.3) is 0 Å². The summed E-state index contributed by atoms with van der Waals surface area (Å²) in [6.07, 6.45) is 2.66. The Hall–Kier alpha value is -0.290. The Kier molecular flexibility index (Phi) is 13.5. The van der Waals surface area contributed by atoms with Crippen LogP contribution in [-0.2, 0) is 14.2 Å². The highest BCUT2D eigenvalue weighted by atomic mass is 32.2. The predicted molar refractivity (Wildman–Crippen MR) is 124 cm³/mol. The Balaban J connectivity index is 1.97. The molecule has 1 aliphatic heterocycles. The van der Waals surface area contributed by atoms with Crippen LogP contribution in [0.1, 0.15) is 54.4 Å². The van der Waals surface area contributed by atoms with Gasteiger partial charge in [0, 0.05) is 24.5 Å². The topological polar surface area (TPSA) is 43.0 Å². The molecule has 1 heterocycles. The van der Waals surface area contributed by atoms with Gasteiger partial charge in [0.2, 0.25) is 0 Å². The van der Waals surface area contributed by atoms with Crippen molar-refractivity contribution in [1.82, 2.24) is 10.2 Å². The van der Waals surface area contributed by atoms with Gasteiger partial charge in [-0.2, -0.15) is 0 Å². The first-order valence-electron chi connectivity index (χ1n) is 11.0. The number of hydrogen-bond donors (Lipinski definition) is 1. The molecule has 170 valence electrons. The molecule has 29 heavy (non-hydrogen) atoms. The minimum Gasteiger partial charge on any atom is -0.378 e. The fourth-order valence-electron chi connectivity index (χ4n) is 2.87. The summed E-state index contributed by atoms with van der Waals surface area (Å²) >= 11 is 2.03. The lowest BCUT2D eigenvalue weighted by Gasteiger charge is -2.32. The lowest BCUT2D eigenvalue weighted by Crippen LogP contribution is -2.39. The number of rotatable bonds is 12. The molecule has 1 N–H and O–H groups in total. The van der Waals surface area contributed by atoms with Crippen molar-refractivity contribution in [2.24, 2.45) is 5.92 Å². The molecule has 1 fully saturated rings. The van der Waals surface area contributed by atoms with Gasteiger partial charge in [-0.15, -0.1) is 11.8 Å². The van der Waals surface area contributed by atoms with E-state index in [0.29, 0.717) is 26.4 Å². The molecule has 1 atom stereocenters. The summed E-state index contributed by atoms with van der Waals surface area (Å²) in [6.45, 7) is 19.0. The fraction of sp³-hybridized carbons (Fsp3) is 0.913. The molecule has 0 spiro atoms. The van der Waals surface area contributed by atoms with Gasteiger partial charge in [0.1, 0.15) is 13.2 Å². The van der Waals surface area contributed by atoms with Crippen molar-refractivity contribution in [1.29, 1.82) is 0 Å². The van der Waals surface area contributed by atoms with Crippen molar-refractivity contribution in [2.75, 3.05) is 64.3 Å². The number of ether oxygens (including phenoxy) is 3. The van der Waals surface area contributed by atoms with Gasteiger partial charge in [0.05, 0.1) is 25.4 Å². The number of nitrogens with zero attached hydrogens (tertiary/aromatic N) is 1. The largest absolute Gasteiger partial charge is 0.378 e. The van der Waals surface area contributed by atoms with Crippen molar-refractivity contribution in [3.05, 3.63) is 0 Å². The van der Waals surface area contributed by atoms with Crippen molar-refractivity contribution < 1.29 is 14.2 Å². The van der Waals surface area contributed by atoms with Crippen molar-refractivity contribution in [3.8, 4) is 11.8 Å². The maximum Gasteiger partial charge on any atom is 0.108 e. The molecule has 0 aliphatic carbocycles. The molecule has 5 nitrogen and oxygen atoms in total. The highest BCUT2D eigenvalue weighted by Gasteiger charge is 2.19. The van der Waals surface area contributed by atoms with Crippen LogP contribution in [0.4, 0.5) is 0 Å². The summed E-state index contributed by atoms with van der Waals surface area (Å²) in [5.41, 5.74) is 0.0694. The Bertz CT molecular complexity index is 477. The average molecular weight is 429 g/mol. The predicted octanol–water partition coefficient (Wildman–Crippen LogP) is 3.63. The molecule has 1 aliphatic rings. The van der Waals surface area contributed by atoms with Crippen LogP contribution in [0, 0.1) is 17.8 Å². The van der Waals surface area contributed by atoms with Crippen molar-refractivity contribution in [3.63, 3.8) is 0 Å². The number of hydrogen-bond acceptors (Lipinski definition) is 6. The molecule has 6 heteroatoms. The molecular weight excluding hydrogens is 384 g/mol. The number of thioether (sulfide) groups is 1. The lowest BCUT2D eigenvalue weighted by molar-refractivity contribution is 0.0179. The standard InChI is InChI=1S/C23H44N2O3S/c1-22(2,3)24-20-29-19-21-10-9-11-25(18-21)12-15-27-17-16-26-13-7-8-14-28-23(4,5)6/h21,24H,9-20H2,1-6H3. The van der Waals surface area contributed by atoms with E-state index in [1.165, 1.54) is 31.7 Å². The van der Waals surface area contributed by atoms with Gasteiger partial charge in [-0.25, -0.2) is 0 Å². The highest BCUT2D eigenvalue weighted by molar-refractivity contribution is 7.99. The van der Waals surface area contributed by atoms with Gasteiger partial charge >= 0.3 is 0 Å². The first kappa shape index (κ1) is 26.7. The van der Waals surface area contributed by atoms with Crippen LogP contribution in [0.3, 0.4) is 0 Å². The lowest BCUT2D eigenvalue weighted by atomic mass is 10.0. The SMILES string of the molecule is CC(C)(C)NCSCC1CCCN(CCOCCOCC#CCOC(C)(C)C)C1. The second-order valence-corrected chi connectivity index (χ2v) is 10.7. The molecule has 1 saturated heterocycles. The number of nitrogens with one attached hydrogen (secondary N) is 1. The van der Waals surface area contributed by atoms with E-state index in [0.717, 1.165) is 24.9 Å². The maximum atomic E-state index is 5.73. The van der Waals surface area contributed by atoms with Crippen LogP contribution in [0.5, 0.6) is 0 Å². The van der Waals surface area contributed by atoms with Crippen molar-refractivity contribution >= 4 is 11.8 Å². The van der Waals surface area contributed by atoms with E-state index in [-0.39, 0.29) is 11.1 Å². The minimum absolute atomic E-state index is 0.139. The molecule has 0 radical (unpaired) electrons. The summed E-state index contributed by atoms with van der Waals surface area (Å²) in [7, 11) is 0. The first-order chi connectivity index (χ1) is 13.7. The van der Waals surface area contributed by atoms with Gasteiger partial charge in [-0.05, 0) is 72.6 Å². The van der Waals surface area contributed by atoms with Crippen LogP contribution in [0.2, 0.25) is 0 Å². The van der Waals surface area contributed by atoms with Gasteiger partial charge < -0.3 is 24.4 Å². The Morgan fingerprint density at radius 3 is 2.45 bits per heavy atom. The van der Waals surface area contributed by atoms with Gasteiger partial charge in [-0.1, -0.05) is 11.8 Å². The first-order valence-corrected chi connectivity index (χ1v) is 12.1. The maximum absolute atomic E-state index is 5.73. The summed E-state index contributed by atoms with van der Waals surface area (Å²) in [5.74, 6) is 9.02. The van der Waals surface area contributed by atoms with Gasteiger partial charge in [0.15, 0.2) is 0 Å². The molecule has 0 aromatic rings. The smallest absolute Gasteiger partial charge is 0.108 e. The van der Waals surface area contributed by atoms with E-state index < -0.39 is 0 Å². The zero-order valence-corrected chi connectivity index (χ0v) is 20.5. The Morgan fingerprint density at radius 2 is 1.72 bits per heavy atom. The summed E-state index contributed by atoms with van der Waals surface area (Å²) in [4.78, 5) is 2.55.